The molecule has 4 rings (SSSR count). The highest BCUT2D eigenvalue weighted by Crippen LogP contribution is 2.31. The van der Waals surface area contributed by atoms with Gasteiger partial charge < -0.3 is 15.0 Å². The fraction of sp³-hybridized carbons (Fsp3) is 0.448. The van der Waals surface area contributed by atoms with Gasteiger partial charge in [-0.25, -0.2) is 13.9 Å². The predicted octanol–water partition coefficient (Wildman–Crippen LogP) is 5.30. The summed E-state index contributed by atoms with van der Waals surface area (Å²) in [4.78, 5) is 17.3. The smallest absolute Gasteiger partial charge is 0.318 e. The van der Waals surface area contributed by atoms with Crippen molar-refractivity contribution in [2.75, 3.05) is 13.7 Å². The number of methoxy groups -OCH3 is 1. The Morgan fingerprint density at radius 1 is 1.16 bits per heavy atom. The molecule has 0 saturated heterocycles. The van der Waals surface area contributed by atoms with E-state index >= 15 is 0 Å². The third-order valence-corrected chi connectivity index (χ3v) is 6.57. The lowest BCUT2D eigenvalue weighted by Crippen LogP contribution is -2.50. The fourth-order valence-corrected chi connectivity index (χ4v) is 4.72. The molecule has 0 unspecified atom stereocenters. The minimum absolute atomic E-state index is 0.0208. The molecule has 0 aliphatic carbocycles. The van der Waals surface area contributed by atoms with E-state index in [0.717, 1.165) is 41.4 Å². The second-order valence-electron chi connectivity index (χ2n) is 10.9. The number of rotatable bonds is 7. The van der Waals surface area contributed by atoms with Crippen LogP contribution in [0.4, 0.5) is 9.18 Å². The van der Waals surface area contributed by atoms with Crippen molar-refractivity contribution >= 4 is 6.03 Å². The number of fused-ring (bicyclic) bond motifs is 1. The summed E-state index contributed by atoms with van der Waals surface area (Å²) in [5.74, 6) is 0.544. The number of carbonyl (C=O) groups excluding carboxylic acids is 1. The molecule has 1 aliphatic rings. The number of halogens is 1. The number of amides is 2. The van der Waals surface area contributed by atoms with Gasteiger partial charge in [-0.05, 0) is 52.8 Å². The van der Waals surface area contributed by atoms with Gasteiger partial charge >= 0.3 is 6.03 Å². The van der Waals surface area contributed by atoms with Gasteiger partial charge in [0.25, 0.3) is 0 Å². The first kappa shape index (κ1) is 26.7. The Labute approximate surface area is 219 Å². The van der Waals surface area contributed by atoms with E-state index in [2.05, 4.69) is 10.2 Å². The van der Waals surface area contributed by atoms with E-state index in [-0.39, 0.29) is 23.4 Å². The molecule has 1 aromatic heterocycles. The van der Waals surface area contributed by atoms with Crippen LogP contribution < -0.4 is 10.1 Å². The van der Waals surface area contributed by atoms with E-state index in [1.807, 2.05) is 80.6 Å². The number of carbonyl (C=O) groups is 1. The summed E-state index contributed by atoms with van der Waals surface area (Å²) in [5, 5.41) is 8.13. The van der Waals surface area contributed by atoms with Crippen LogP contribution in [-0.2, 0) is 26.1 Å². The van der Waals surface area contributed by atoms with Gasteiger partial charge in [-0.2, -0.15) is 5.10 Å². The zero-order valence-corrected chi connectivity index (χ0v) is 22.7. The average Bonchev–Trinajstić information content (AvgIpc) is 3.20. The molecular formula is C29H38FN5O2. The van der Waals surface area contributed by atoms with Crippen molar-refractivity contribution in [3.8, 4) is 11.4 Å². The fourth-order valence-electron chi connectivity index (χ4n) is 4.72. The maximum Gasteiger partial charge on any atom is 0.318 e. The molecule has 0 bridgehead atoms. The summed E-state index contributed by atoms with van der Waals surface area (Å²) in [6.07, 6.45) is 0.755. The van der Waals surface area contributed by atoms with E-state index in [4.69, 9.17) is 9.84 Å². The molecule has 37 heavy (non-hydrogen) atoms. The van der Waals surface area contributed by atoms with Crippen molar-refractivity contribution in [1.82, 2.24) is 24.9 Å². The van der Waals surface area contributed by atoms with Crippen LogP contribution >= 0.6 is 0 Å². The molecule has 0 atom stereocenters. The van der Waals surface area contributed by atoms with Crippen LogP contribution in [0.2, 0.25) is 0 Å². The number of para-hydroxylation sites is 2. The first-order valence-corrected chi connectivity index (χ1v) is 12.8. The Bertz CT molecular complexity index is 1250. The molecule has 198 valence electrons. The van der Waals surface area contributed by atoms with E-state index in [1.165, 1.54) is 6.07 Å². The van der Waals surface area contributed by atoms with Crippen molar-refractivity contribution in [3.63, 3.8) is 0 Å². The molecule has 0 fully saturated rings. The number of hydrogen-bond donors (Lipinski definition) is 1. The van der Waals surface area contributed by atoms with E-state index in [0.29, 0.717) is 25.2 Å². The van der Waals surface area contributed by atoms with Crippen molar-refractivity contribution in [1.29, 1.82) is 0 Å². The minimum Gasteiger partial charge on any atom is -0.494 e. The molecule has 2 aromatic carbocycles. The first-order valence-electron chi connectivity index (χ1n) is 12.8. The zero-order chi connectivity index (χ0) is 26.7. The van der Waals surface area contributed by atoms with Crippen molar-refractivity contribution < 1.29 is 13.9 Å². The summed E-state index contributed by atoms with van der Waals surface area (Å²) in [5.41, 5.74) is 4.23. The van der Waals surface area contributed by atoms with Gasteiger partial charge in [-0.1, -0.05) is 30.3 Å². The molecule has 7 nitrogen and oxygen atoms in total. The third-order valence-electron chi connectivity index (χ3n) is 6.57. The number of urea groups is 1. The molecule has 3 aromatic rings. The van der Waals surface area contributed by atoms with Crippen LogP contribution in [0.25, 0.3) is 5.69 Å². The van der Waals surface area contributed by atoms with Gasteiger partial charge in [-0.3, -0.25) is 4.90 Å². The summed E-state index contributed by atoms with van der Waals surface area (Å²) in [6.45, 7) is 12.2. The van der Waals surface area contributed by atoms with Crippen molar-refractivity contribution in [2.45, 2.75) is 72.3 Å². The van der Waals surface area contributed by atoms with Gasteiger partial charge in [-0.15, -0.1) is 0 Å². The van der Waals surface area contributed by atoms with Crippen LogP contribution in [-0.4, -0.2) is 50.8 Å². The maximum absolute atomic E-state index is 14.4. The van der Waals surface area contributed by atoms with Crippen LogP contribution in [0.15, 0.2) is 48.5 Å². The van der Waals surface area contributed by atoms with Crippen LogP contribution in [0.3, 0.4) is 0 Å². The summed E-state index contributed by atoms with van der Waals surface area (Å²) in [6, 6.07) is 14.6. The lowest BCUT2D eigenvalue weighted by atomic mass is 10.0. The van der Waals surface area contributed by atoms with Crippen molar-refractivity contribution in [3.05, 3.63) is 76.9 Å². The SMILES string of the molecule is COc1ccccc1-n1nc(CN(C(=O)NC(C)(C)C)C(C)C)c2c1CCN(Cc1ccccc1F)C2. The highest BCUT2D eigenvalue weighted by molar-refractivity contribution is 5.75. The second kappa shape index (κ2) is 10.9. The van der Waals surface area contributed by atoms with Gasteiger partial charge in [0.2, 0.25) is 0 Å². The number of hydrogen-bond acceptors (Lipinski definition) is 4. The number of nitrogens with one attached hydrogen (secondary N) is 1. The summed E-state index contributed by atoms with van der Waals surface area (Å²) >= 11 is 0. The summed E-state index contributed by atoms with van der Waals surface area (Å²) in [7, 11) is 1.66. The molecule has 0 spiro atoms. The molecule has 1 aliphatic heterocycles. The van der Waals surface area contributed by atoms with E-state index < -0.39 is 0 Å². The monoisotopic (exact) mass is 507 g/mol. The topological polar surface area (TPSA) is 62.6 Å². The van der Waals surface area contributed by atoms with E-state index in [1.54, 1.807) is 13.2 Å². The van der Waals surface area contributed by atoms with Crippen LogP contribution in [0, 0.1) is 5.82 Å². The highest BCUT2D eigenvalue weighted by atomic mass is 19.1. The Morgan fingerprint density at radius 3 is 2.54 bits per heavy atom. The molecular weight excluding hydrogens is 469 g/mol. The van der Waals surface area contributed by atoms with Gasteiger partial charge in [0.05, 0.1) is 25.0 Å². The van der Waals surface area contributed by atoms with Crippen LogP contribution in [0.5, 0.6) is 5.75 Å². The van der Waals surface area contributed by atoms with Crippen molar-refractivity contribution in [2.24, 2.45) is 0 Å². The van der Waals surface area contributed by atoms with Gasteiger partial charge in [0.1, 0.15) is 17.3 Å². The average molecular weight is 508 g/mol. The number of aromatic nitrogens is 2. The normalized spacial score (nSPS) is 13.9. The predicted molar refractivity (Wildman–Crippen MR) is 143 cm³/mol. The van der Waals surface area contributed by atoms with Gasteiger partial charge in [0.15, 0.2) is 0 Å². The molecule has 8 heteroatoms. The lowest BCUT2D eigenvalue weighted by molar-refractivity contribution is 0.169. The quantitative estimate of drug-likeness (QED) is 0.472. The van der Waals surface area contributed by atoms with E-state index in [9.17, 15) is 9.18 Å². The molecule has 1 N–H and O–H groups in total. The number of nitrogens with zero attached hydrogens (tertiary/aromatic N) is 4. The summed E-state index contributed by atoms with van der Waals surface area (Å²) < 4.78 is 22.0. The largest absolute Gasteiger partial charge is 0.494 e. The highest BCUT2D eigenvalue weighted by Gasteiger charge is 2.30. The Balaban J connectivity index is 1.72. The number of benzene rings is 2. The standard InChI is InChI=1S/C29H38FN5O2/c1-20(2)34(28(36)31-29(3,4)5)19-24-22-18-33(17-21-11-7-8-12-23(21)30)16-15-25(22)35(32-24)26-13-9-10-14-27(26)37-6/h7-14,20H,15-19H2,1-6H3,(H,31,36). The number of ether oxygens (including phenoxy) is 1. The maximum atomic E-state index is 14.4. The first-order chi connectivity index (χ1) is 17.6. The molecule has 0 radical (unpaired) electrons. The lowest BCUT2D eigenvalue weighted by Gasteiger charge is -2.32. The Kier molecular flexibility index (Phi) is 7.87. The second-order valence-corrected chi connectivity index (χ2v) is 10.9. The van der Waals surface area contributed by atoms with Crippen LogP contribution in [0.1, 0.15) is 57.1 Å². The Hall–Kier alpha value is -3.39. The molecule has 2 amide bonds. The van der Waals surface area contributed by atoms with Gasteiger partial charge in [0, 0.05) is 48.8 Å². The minimum atomic E-state index is -0.350. The molecule has 0 saturated carbocycles. The zero-order valence-electron chi connectivity index (χ0n) is 22.7. The third kappa shape index (κ3) is 6.13. The molecule has 2 heterocycles. The Morgan fingerprint density at radius 2 is 1.86 bits per heavy atom.